The van der Waals surface area contributed by atoms with E-state index in [2.05, 4.69) is 0 Å². The highest BCUT2D eigenvalue weighted by molar-refractivity contribution is 7.92. The van der Waals surface area contributed by atoms with Crippen LogP contribution >= 0.6 is 0 Å². The molecule has 0 radical (unpaired) electrons. The highest BCUT2D eigenvalue weighted by Crippen LogP contribution is 2.19. The number of amides is 1. The van der Waals surface area contributed by atoms with E-state index in [9.17, 15) is 17.6 Å². The predicted molar refractivity (Wildman–Crippen MR) is 83.6 cm³/mol. The molecule has 1 aromatic carbocycles. The van der Waals surface area contributed by atoms with Crippen LogP contribution in [0.3, 0.4) is 0 Å². The Morgan fingerprint density at radius 3 is 2.41 bits per heavy atom. The zero-order valence-electron chi connectivity index (χ0n) is 12.7. The number of carbonyl (C=O) groups excluding carboxylic acids is 1. The molecule has 0 bridgehead atoms. The lowest BCUT2D eigenvalue weighted by Gasteiger charge is -2.26. The highest BCUT2D eigenvalue weighted by atomic mass is 32.2. The average molecular weight is 328 g/mol. The summed E-state index contributed by atoms with van der Waals surface area (Å²) in [5.41, 5.74) is 0.172. The van der Waals surface area contributed by atoms with Gasteiger partial charge in [0.05, 0.1) is 11.9 Å². The minimum atomic E-state index is -3.66. The van der Waals surface area contributed by atoms with Crippen molar-refractivity contribution in [2.45, 2.75) is 25.7 Å². The van der Waals surface area contributed by atoms with Crippen LogP contribution in [-0.2, 0) is 14.8 Å². The number of hydrogen-bond donors (Lipinski definition) is 0. The van der Waals surface area contributed by atoms with E-state index in [0.717, 1.165) is 42.3 Å². The zero-order chi connectivity index (χ0) is 16.2. The Hall–Kier alpha value is -1.63. The maximum absolute atomic E-state index is 13.3. The van der Waals surface area contributed by atoms with Crippen molar-refractivity contribution < 1.29 is 17.6 Å². The zero-order valence-corrected chi connectivity index (χ0v) is 13.5. The SMILES string of the molecule is CS(=O)(=O)N(CC(=O)N1CCCCCC1)c1cccc(F)c1. The average Bonchev–Trinajstić information content (AvgIpc) is 2.72. The first-order chi connectivity index (χ1) is 10.4. The van der Waals surface area contributed by atoms with Crippen LogP contribution in [0.4, 0.5) is 10.1 Å². The minimum absolute atomic E-state index is 0.172. The third-order valence-corrected chi connectivity index (χ3v) is 4.87. The molecule has 0 saturated carbocycles. The lowest BCUT2D eigenvalue weighted by Crippen LogP contribution is -2.43. The summed E-state index contributed by atoms with van der Waals surface area (Å²) >= 11 is 0. The van der Waals surface area contributed by atoms with E-state index >= 15 is 0 Å². The summed E-state index contributed by atoms with van der Waals surface area (Å²) in [6.07, 6.45) is 5.07. The molecule has 1 amide bonds. The molecule has 5 nitrogen and oxygen atoms in total. The lowest BCUT2D eigenvalue weighted by molar-refractivity contribution is -0.129. The van der Waals surface area contributed by atoms with Gasteiger partial charge >= 0.3 is 0 Å². The van der Waals surface area contributed by atoms with Crippen molar-refractivity contribution in [1.82, 2.24) is 4.90 Å². The topological polar surface area (TPSA) is 57.7 Å². The fourth-order valence-electron chi connectivity index (χ4n) is 2.57. The van der Waals surface area contributed by atoms with Crippen molar-refractivity contribution in [2.24, 2.45) is 0 Å². The molecule has 1 fully saturated rings. The molecule has 7 heteroatoms. The first-order valence-electron chi connectivity index (χ1n) is 7.39. The number of anilines is 1. The number of carbonyl (C=O) groups is 1. The molecule has 2 rings (SSSR count). The molecule has 1 aliphatic heterocycles. The van der Waals surface area contributed by atoms with Gasteiger partial charge in [-0.25, -0.2) is 12.8 Å². The molecular formula is C15H21FN2O3S. The summed E-state index contributed by atoms with van der Waals surface area (Å²) < 4.78 is 38.2. The Morgan fingerprint density at radius 2 is 1.86 bits per heavy atom. The number of hydrogen-bond acceptors (Lipinski definition) is 3. The third-order valence-electron chi connectivity index (χ3n) is 3.73. The fourth-order valence-corrected chi connectivity index (χ4v) is 3.42. The van der Waals surface area contributed by atoms with Crippen molar-refractivity contribution in [3.8, 4) is 0 Å². The molecule has 1 aromatic rings. The van der Waals surface area contributed by atoms with E-state index in [4.69, 9.17) is 0 Å². The second-order valence-corrected chi connectivity index (χ2v) is 7.45. The molecule has 22 heavy (non-hydrogen) atoms. The van der Waals surface area contributed by atoms with Gasteiger partial charge in [-0.3, -0.25) is 9.10 Å². The standard InChI is InChI=1S/C15H21FN2O3S/c1-22(20,21)18(14-8-6-7-13(16)11-14)12-15(19)17-9-4-2-3-5-10-17/h6-8,11H,2-5,9-10,12H2,1H3. The van der Waals surface area contributed by atoms with E-state index in [1.54, 1.807) is 4.90 Å². The van der Waals surface area contributed by atoms with Crippen LogP contribution in [0.5, 0.6) is 0 Å². The Kier molecular flexibility index (Phi) is 5.39. The van der Waals surface area contributed by atoms with Crippen LogP contribution in [0.25, 0.3) is 0 Å². The van der Waals surface area contributed by atoms with Gasteiger partial charge in [-0.1, -0.05) is 18.9 Å². The molecule has 1 aliphatic rings. The van der Waals surface area contributed by atoms with Gasteiger partial charge in [0.25, 0.3) is 0 Å². The molecule has 0 atom stereocenters. The van der Waals surface area contributed by atoms with Crippen LogP contribution in [-0.4, -0.2) is 45.1 Å². The molecule has 1 heterocycles. The second kappa shape index (κ2) is 7.09. The lowest BCUT2D eigenvalue weighted by atomic mass is 10.2. The normalized spacial score (nSPS) is 16.2. The van der Waals surface area contributed by atoms with Gasteiger partial charge in [0.15, 0.2) is 0 Å². The van der Waals surface area contributed by atoms with Gasteiger partial charge in [-0.05, 0) is 31.0 Å². The molecule has 0 unspecified atom stereocenters. The van der Waals surface area contributed by atoms with E-state index in [1.807, 2.05) is 0 Å². The minimum Gasteiger partial charge on any atom is -0.341 e. The van der Waals surface area contributed by atoms with Crippen LogP contribution < -0.4 is 4.31 Å². The summed E-state index contributed by atoms with van der Waals surface area (Å²) in [6, 6.07) is 5.27. The van der Waals surface area contributed by atoms with Gasteiger partial charge < -0.3 is 4.90 Å². The largest absolute Gasteiger partial charge is 0.341 e. The van der Waals surface area contributed by atoms with Crippen molar-refractivity contribution in [1.29, 1.82) is 0 Å². The van der Waals surface area contributed by atoms with Crippen molar-refractivity contribution in [3.63, 3.8) is 0 Å². The summed E-state index contributed by atoms with van der Waals surface area (Å²) in [7, 11) is -3.66. The van der Waals surface area contributed by atoms with Crippen LogP contribution in [0.1, 0.15) is 25.7 Å². The molecular weight excluding hydrogens is 307 g/mol. The van der Waals surface area contributed by atoms with Gasteiger partial charge in [0.2, 0.25) is 15.9 Å². The first kappa shape index (κ1) is 16.7. The second-order valence-electron chi connectivity index (χ2n) is 5.54. The highest BCUT2D eigenvalue weighted by Gasteiger charge is 2.24. The third kappa shape index (κ3) is 4.43. The van der Waals surface area contributed by atoms with Crippen LogP contribution in [0, 0.1) is 5.82 Å². The van der Waals surface area contributed by atoms with Crippen molar-refractivity contribution in [3.05, 3.63) is 30.1 Å². The molecule has 0 aliphatic carbocycles. The monoisotopic (exact) mass is 328 g/mol. The Balaban J connectivity index is 2.18. The summed E-state index contributed by atoms with van der Waals surface area (Å²) in [6.45, 7) is 1.02. The Labute approximate surface area is 130 Å². The van der Waals surface area contributed by atoms with Gasteiger partial charge in [0.1, 0.15) is 12.4 Å². The Morgan fingerprint density at radius 1 is 1.23 bits per heavy atom. The Bertz CT molecular complexity index is 625. The molecule has 0 aromatic heterocycles. The molecule has 122 valence electrons. The maximum Gasteiger partial charge on any atom is 0.243 e. The summed E-state index contributed by atoms with van der Waals surface area (Å²) in [5.74, 6) is -0.773. The van der Waals surface area contributed by atoms with Gasteiger partial charge in [0, 0.05) is 13.1 Å². The first-order valence-corrected chi connectivity index (χ1v) is 9.24. The number of likely N-dealkylation sites (tertiary alicyclic amines) is 1. The summed E-state index contributed by atoms with van der Waals surface area (Å²) in [4.78, 5) is 14.1. The molecule has 0 spiro atoms. The van der Waals surface area contributed by atoms with Crippen molar-refractivity contribution in [2.75, 3.05) is 30.2 Å². The summed E-state index contributed by atoms with van der Waals surface area (Å²) in [5, 5.41) is 0. The smallest absolute Gasteiger partial charge is 0.243 e. The van der Waals surface area contributed by atoms with Gasteiger partial charge in [-0.2, -0.15) is 0 Å². The van der Waals surface area contributed by atoms with Crippen LogP contribution in [0.15, 0.2) is 24.3 Å². The number of benzene rings is 1. The molecule has 0 N–H and O–H groups in total. The van der Waals surface area contributed by atoms with Crippen LogP contribution in [0.2, 0.25) is 0 Å². The van der Waals surface area contributed by atoms with E-state index in [0.29, 0.717) is 13.1 Å². The van der Waals surface area contributed by atoms with E-state index < -0.39 is 15.8 Å². The van der Waals surface area contributed by atoms with E-state index in [-0.39, 0.29) is 18.1 Å². The number of rotatable bonds is 4. The molecule has 1 saturated heterocycles. The number of nitrogens with zero attached hydrogens (tertiary/aromatic N) is 2. The predicted octanol–water partition coefficient (Wildman–Crippen LogP) is 1.99. The van der Waals surface area contributed by atoms with Gasteiger partial charge in [-0.15, -0.1) is 0 Å². The number of sulfonamides is 1. The number of halogens is 1. The quantitative estimate of drug-likeness (QED) is 0.849. The van der Waals surface area contributed by atoms with E-state index in [1.165, 1.54) is 18.2 Å². The fraction of sp³-hybridized carbons (Fsp3) is 0.533. The maximum atomic E-state index is 13.3. The van der Waals surface area contributed by atoms with Crippen molar-refractivity contribution >= 4 is 21.6 Å².